The van der Waals surface area contributed by atoms with E-state index in [9.17, 15) is 4.79 Å². The Kier molecular flexibility index (Phi) is 4.82. The first-order valence-electron chi connectivity index (χ1n) is 6.46. The maximum Gasteiger partial charge on any atom is 0.303 e. The molecule has 3 N–H and O–H groups in total. The number of rotatable bonds is 7. The van der Waals surface area contributed by atoms with Crippen LogP contribution >= 0.6 is 15.9 Å². The molecular weight excluding hydrogens is 310 g/mol. The highest BCUT2D eigenvalue weighted by molar-refractivity contribution is 9.10. The molecule has 0 heterocycles. The van der Waals surface area contributed by atoms with Crippen molar-refractivity contribution in [2.24, 2.45) is 11.7 Å². The van der Waals surface area contributed by atoms with Crippen LogP contribution in [0.4, 0.5) is 0 Å². The first kappa shape index (κ1) is 14.3. The Bertz CT molecular complexity index is 460. The molecule has 1 aromatic rings. The van der Waals surface area contributed by atoms with Gasteiger partial charge in [0.05, 0.1) is 11.1 Å². The van der Waals surface area contributed by atoms with Crippen molar-refractivity contribution in [1.29, 1.82) is 0 Å². The molecule has 0 amide bonds. The minimum absolute atomic E-state index is 0.0702. The molecule has 2 rings (SSSR count). The molecule has 19 heavy (non-hydrogen) atoms. The second-order valence-corrected chi connectivity index (χ2v) is 5.75. The van der Waals surface area contributed by atoms with E-state index in [4.69, 9.17) is 15.6 Å². The molecule has 1 aliphatic carbocycles. The second-order valence-electron chi connectivity index (χ2n) is 4.95. The van der Waals surface area contributed by atoms with Gasteiger partial charge < -0.3 is 15.6 Å². The van der Waals surface area contributed by atoms with Crippen molar-refractivity contribution in [1.82, 2.24) is 0 Å². The zero-order valence-corrected chi connectivity index (χ0v) is 12.2. The Balaban J connectivity index is 2.02. The molecule has 0 radical (unpaired) electrons. The lowest BCUT2D eigenvalue weighted by molar-refractivity contribution is -0.137. The average molecular weight is 328 g/mol. The molecule has 1 unspecified atom stereocenters. The van der Waals surface area contributed by atoms with Crippen molar-refractivity contribution in [3.8, 4) is 5.75 Å². The van der Waals surface area contributed by atoms with Crippen molar-refractivity contribution in [3.05, 3.63) is 28.2 Å². The van der Waals surface area contributed by atoms with Crippen LogP contribution in [0.3, 0.4) is 0 Å². The second kappa shape index (κ2) is 6.39. The summed E-state index contributed by atoms with van der Waals surface area (Å²) in [6.45, 7) is 0.742. The van der Waals surface area contributed by atoms with Gasteiger partial charge in [-0.2, -0.15) is 0 Å². The summed E-state index contributed by atoms with van der Waals surface area (Å²) in [6, 6.07) is 5.40. The molecule has 0 spiro atoms. The SMILES string of the molecule is NC(CCC(=O)O)c1cccc(OCC2CC2)c1Br. The Hall–Kier alpha value is -1.07. The standard InChI is InChI=1S/C14H18BrNO3/c15-14-10(11(16)6-7-13(17)18)2-1-3-12(14)19-8-9-4-5-9/h1-3,9,11H,4-8,16H2,(H,17,18). The summed E-state index contributed by atoms with van der Waals surface area (Å²) in [5, 5.41) is 8.69. The van der Waals surface area contributed by atoms with Crippen molar-refractivity contribution >= 4 is 21.9 Å². The van der Waals surface area contributed by atoms with Gasteiger partial charge in [0.2, 0.25) is 0 Å². The minimum atomic E-state index is -0.826. The van der Waals surface area contributed by atoms with Crippen molar-refractivity contribution < 1.29 is 14.6 Å². The Morgan fingerprint density at radius 2 is 2.26 bits per heavy atom. The summed E-state index contributed by atoms with van der Waals surface area (Å²) in [4.78, 5) is 10.6. The summed E-state index contributed by atoms with van der Waals surface area (Å²) in [5.74, 6) is 0.652. The Morgan fingerprint density at radius 3 is 2.89 bits per heavy atom. The zero-order chi connectivity index (χ0) is 13.8. The number of ether oxygens (including phenoxy) is 1. The number of carboxylic acids is 1. The highest BCUT2D eigenvalue weighted by atomic mass is 79.9. The fraction of sp³-hybridized carbons (Fsp3) is 0.500. The van der Waals surface area contributed by atoms with E-state index >= 15 is 0 Å². The molecule has 1 aromatic carbocycles. The lowest BCUT2D eigenvalue weighted by atomic mass is 10.0. The van der Waals surface area contributed by atoms with Crippen LogP contribution in [-0.4, -0.2) is 17.7 Å². The van der Waals surface area contributed by atoms with Crippen molar-refractivity contribution in [2.45, 2.75) is 31.7 Å². The summed E-state index contributed by atoms with van der Waals surface area (Å²) in [7, 11) is 0. The Morgan fingerprint density at radius 1 is 1.53 bits per heavy atom. The third kappa shape index (κ3) is 4.21. The molecular formula is C14H18BrNO3. The number of nitrogens with two attached hydrogens (primary N) is 1. The van der Waals surface area contributed by atoms with E-state index in [0.29, 0.717) is 12.3 Å². The summed E-state index contributed by atoms with van der Waals surface area (Å²) < 4.78 is 6.60. The van der Waals surface area contributed by atoms with Crippen LogP contribution in [0.5, 0.6) is 5.75 Å². The van der Waals surface area contributed by atoms with Crippen molar-refractivity contribution in [3.63, 3.8) is 0 Å². The van der Waals surface area contributed by atoms with Crippen molar-refractivity contribution in [2.75, 3.05) is 6.61 Å². The van der Waals surface area contributed by atoms with Crippen LogP contribution in [0.15, 0.2) is 22.7 Å². The molecule has 0 aliphatic heterocycles. The third-order valence-electron chi connectivity index (χ3n) is 3.23. The number of hydrogen-bond acceptors (Lipinski definition) is 3. The maximum absolute atomic E-state index is 10.6. The van der Waals surface area contributed by atoms with E-state index < -0.39 is 5.97 Å². The van der Waals surface area contributed by atoms with Crippen LogP contribution in [0, 0.1) is 5.92 Å². The first-order chi connectivity index (χ1) is 9.08. The zero-order valence-electron chi connectivity index (χ0n) is 10.6. The lowest BCUT2D eigenvalue weighted by Gasteiger charge is -2.16. The molecule has 1 saturated carbocycles. The molecule has 0 saturated heterocycles. The highest BCUT2D eigenvalue weighted by Crippen LogP contribution is 2.35. The molecule has 1 atom stereocenters. The highest BCUT2D eigenvalue weighted by Gasteiger charge is 2.23. The van der Waals surface area contributed by atoms with Gasteiger partial charge in [-0.15, -0.1) is 0 Å². The number of carbonyl (C=O) groups is 1. The van der Waals surface area contributed by atoms with E-state index in [1.165, 1.54) is 12.8 Å². The lowest BCUT2D eigenvalue weighted by Crippen LogP contribution is -2.13. The predicted octanol–water partition coefficient (Wildman–Crippen LogP) is 3.10. The van der Waals surface area contributed by atoms with E-state index in [-0.39, 0.29) is 12.5 Å². The molecule has 1 aliphatic rings. The van der Waals surface area contributed by atoms with E-state index in [1.54, 1.807) is 0 Å². The summed E-state index contributed by atoms with van der Waals surface area (Å²) in [5.41, 5.74) is 6.93. The smallest absolute Gasteiger partial charge is 0.303 e. The van der Waals surface area contributed by atoms with Gasteiger partial charge in [0.25, 0.3) is 0 Å². The predicted molar refractivity (Wildman–Crippen MR) is 76.2 cm³/mol. The molecule has 0 aromatic heterocycles. The largest absolute Gasteiger partial charge is 0.492 e. The number of hydrogen-bond donors (Lipinski definition) is 2. The molecule has 5 heteroatoms. The summed E-state index contributed by atoms with van der Waals surface area (Å²) in [6.07, 6.45) is 2.98. The topological polar surface area (TPSA) is 72.6 Å². The van der Waals surface area contributed by atoms with Gasteiger partial charge in [-0.3, -0.25) is 4.79 Å². The molecule has 4 nitrogen and oxygen atoms in total. The molecule has 0 bridgehead atoms. The monoisotopic (exact) mass is 327 g/mol. The fourth-order valence-electron chi connectivity index (χ4n) is 1.85. The minimum Gasteiger partial charge on any atom is -0.492 e. The molecule has 104 valence electrons. The van der Waals surface area contributed by atoms with Crippen LogP contribution in [0.2, 0.25) is 0 Å². The number of benzene rings is 1. The van der Waals surface area contributed by atoms with E-state index in [0.717, 1.165) is 22.4 Å². The van der Waals surface area contributed by atoms with Gasteiger partial charge in [0, 0.05) is 12.5 Å². The van der Waals surface area contributed by atoms with Crippen LogP contribution in [-0.2, 0) is 4.79 Å². The van der Waals surface area contributed by atoms with Gasteiger partial charge in [-0.1, -0.05) is 12.1 Å². The number of halogens is 1. The van der Waals surface area contributed by atoms with Crippen LogP contribution in [0.1, 0.15) is 37.3 Å². The maximum atomic E-state index is 10.6. The van der Waals surface area contributed by atoms with Gasteiger partial charge in [-0.05, 0) is 52.7 Å². The van der Waals surface area contributed by atoms with Crippen LogP contribution < -0.4 is 10.5 Å². The van der Waals surface area contributed by atoms with Gasteiger partial charge in [0.15, 0.2) is 0 Å². The summed E-state index contributed by atoms with van der Waals surface area (Å²) >= 11 is 3.51. The van der Waals surface area contributed by atoms with E-state index in [2.05, 4.69) is 15.9 Å². The normalized spacial score (nSPS) is 16.1. The number of carboxylic acid groups (broad SMARTS) is 1. The van der Waals surface area contributed by atoms with Gasteiger partial charge in [0.1, 0.15) is 5.75 Å². The van der Waals surface area contributed by atoms with Gasteiger partial charge in [-0.25, -0.2) is 0 Å². The molecule has 1 fully saturated rings. The van der Waals surface area contributed by atoms with Gasteiger partial charge >= 0.3 is 5.97 Å². The average Bonchev–Trinajstić information content (AvgIpc) is 3.18. The third-order valence-corrected chi connectivity index (χ3v) is 4.08. The van der Waals surface area contributed by atoms with Crippen LogP contribution in [0.25, 0.3) is 0 Å². The Labute approximate surface area is 121 Å². The first-order valence-corrected chi connectivity index (χ1v) is 7.26. The van der Waals surface area contributed by atoms with E-state index in [1.807, 2.05) is 18.2 Å². The fourth-order valence-corrected chi connectivity index (χ4v) is 2.53. The number of aliphatic carboxylic acids is 1. The quantitative estimate of drug-likeness (QED) is 0.807.